The Labute approximate surface area is 141 Å². The molecule has 0 aliphatic rings. The molecule has 0 spiro atoms. The number of benzene rings is 2. The fourth-order valence-corrected chi connectivity index (χ4v) is 3.31. The largest absolute Gasteiger partial charge is 0.349 e. The molecule has 4 heteroatoms. The number of halogens is 1. The van der Waals surface area contributed by atoms with Crippen molar-refractivity contribution in [3.8, 4) is 0 Å². The summed E-state index contributed by atoms with van der Waals surface area (Å²) in [7, 11) is 0. The van der Waals surface area contributed by atoms with E-state index in [1.807, 2.05) is 6.92 Å². The van der Waals surface area contributed by atoms with Crippen LogP contribution in [-0.2, 0) is 10.5 Å². The smallest absolute Gasteiger partial charge is 0.230 e. The lowest BCUT2D eigenvalue weighted by molar-refractivity contribution is -0.119. The molecule has 0 radical (unpaired) electrons. The van der Waals surface area contributed by atoms with Crippen molar-refractivity contribution >= 4 is 17.7 Å². The summed E-state index contributed by atoms with van der Waals surface area (Å²) < 4.78 is 12.8. The Morgan fingerprint density at radius 3 is 2.52 bits per heavy atom. The zero-order valence-corrected chi connectivity index (χ0v) is 14.5. The van der Waals surface area contributed by atoms with Gasteiger partial charge >= 0.3 is 0 Å². The first-order valence-electron chi connectivity index (χ1n) is 7.64. The first-order valence-corrected chi connectivity index (χ1v) is 8.80. The lowest BCUT2D eigenvalue weighted by Crippen LogP contribution is -2.28. The average Bonchev–Trinajstić information content (AvgIpc) is 2.49. The third-order valence-corrected chi connectivity index (χ3v) is 4.69. The number of nitrogens with one attached hydrogen (secondary N) is 1. The molecule has 0 fully saturated rings. The van der Waals surface area contributed by atoms with Gasteiger partial charge in [-0.3, -0.25) is 4.79 Å². The van der Waals surface area contributed by atoms with Gasteiger partial charge in [0, 0.05) is 5.75 Å². The number of amides is 1. The predicted molar refractivity (Wildman–Crippen MR) is 95.0 cm³/mol. The summed E-state index contributed by atoms with van der Waals surface area (Å²) in [5, 5.41) is 3.03. The molecule has 122 valence electrons. The number of hydrogen-bond donors (Lipinski definition) is 1. The second kappa shape index (κ2) is 8.16. The minimum absolute atomic E-state index is 0.00507. The van der Waals surface area contributed by atoms with Crippen molar-refractivity contribution in [3.63, 3.8) is 0 Å². The van der Waals surface area contributed by atoms with Crippen LogP contribution in [-0.4, -0.2) is 11.7 Å². The maximum atomic E-state index is 12.8. The van der Waals surface area contributed by atoms with Crippen LogP contribution in [0.5, 0.6) is 0 Å². The molecule has 0 aliphatic heterocycles. The third kappa shape index (κ3) is 5.39. The molecule has 1 N–H and O–H groups in total. The van der Waals surface area contributed by atoms with Crippen molar-refractivity contribution in [3.05, 3.63) is 70.5 Å². The van der Waals surface area contributed by atoms with Gasteiger partial charge in [-0.2, -0.15) is 0 Å². The third-order valence-electron chi connectivity index (χ3n) is 3.68. The second-order valence-electron chi connectivity index (χ2n) is 5.77. The number of hydrogen-bond acceptors (Lipinski definition) is 2. The second-order valence-corrected chi connectivity index (χ2v) is 6.75. The first-order chi connectivity index (χ1) is 11.0. The van der Waals surface area contributed by atoms with Gasteiger partial charge in [-0.1, -0.05) is 35.9 Å². The summed E-state index contributed by atoms with van der Waals surface area (Å²) >= 11 is 1.53. The van der Waals surface area contributed by atoms with E-state index in [4.69, 9.17) is 0 Å². The standard InChI is InChI=1S/C19H22FNOS/c1-13-4-9-18(14(2)10-13)15(3)21-19(22)12-23-11-16-5-7-17(20)8-6-16/h4-10,15H,11-12H2,1-3H3,(H,21,22)/t15-/m0/s1. The summed E-state index contributed by atoms with van der Waals surface area (Å²) in [5.74, 6) is 0.876. The quantitative estimate of drug-likeness (QED) is 0.841. The maximum Gasteiger partial charge on any atom is 0.230 e. The summed E-state index contributed by atoms with van der Waals surface area (Å²) in [4.78, 5) is 12.1. The Kier molecular flexibility index (Phi) is 6.22. The topological polar surface area (TPSA) is 29.1 Å². The molecule has 0 heterocycles. The Morgan fingerprint density at radius 2 is 1.87 bits per heavy atom. The van der Waals surface area contributed by atoms with Gasteiger partial charge < -0.3 is 5.32 Å². The molecular formula is C19H22FNOS. The highest BCUT2D eigenvalue weighted by Gasteiger charge is 2.11. The number of rotatable bonds is 6. The van der Waals surface area contributed by atoms with E-state index >= 15 is 0 Å². The fourth-order valence-electron chi connectivity index (χ4n) is 2.51. The zero-order chi connectivity index (χ0) is 16.8. The summed E-state index contributed by atoms with van der Waals surface area (Å²) in [6.45, 7) is 6.13. The van der Waals surface area contributed by atoms with E-state index in [0.717, 1.165) is 11.1 Å². The summed E-state index contributed by atoms with van der Waals surface area (Å²) in [5.41, 5.74) is 4.58. The molecular weight excluding hydrogens is 309 g/mol. The normalized spacial score (nSPS) is 12.0. The number of thioether (sulfide) groups is 1. The van der Waals surface area contributed by atoms with Crippen molar-refractivity contribution < 1.29 is 9.18 Å². The van der Waals surface area contributed by atoms with Crippen LogP contribution in [0.15, 0.2) is 42.5 Å². The van der Waals surface area contributed by atoms with Crippen LogP contribution >= 0.6 is 11.8 Å². The van der Waals surface area contributed by atoms with Gasteiger partial charge in [0.25, 0.3) is 0 Å². The van der Waals surface area contributed by atoms with Crippen LogP contribution < -0.4 is 5.32 Å². The van der Waals surface area contributed by atoms with Crippen LogP contribution in [0.25, 0.3) is 0 Å². The van der Waals surface area contributed by atoms with Crippen LogP contribution in [0.3, 0.4) is 0 Å². The molecule has 2 aromatic carbocycles. The van der Waals surface area contributed by atoms with Crippen molar-refractivity contribution in [1.29, 1.82) is 0 Å². The molecule has 2 aromatic rings. The molecule has 1 amide bonds. The van der Waals surface area contributed by atoms with E-state index in [1.54, 1.807) is 12.1 Å². The lowest BCUT2D eigenvalue weighted by atomic mass is 10.0. The van der Waals surface area contributed by atoms with E-state index in [1.165, 1.54) is 35.0 Å². The molecule has 23 heavy (non-hydrogen) atoms. The van der Waals surface area contributed by atoms with Gasteiger partial charge in [0.15, 0.2) is 0 Å². The first kappa shape index (κ1) is 17.5. The Hall–Kier alpha value is -1.81. The van der Waals surface area contributed by atoms with Crippen LogP contribution in [0.4, 0.5) is 4.39 Å². The van der Waals surface area contributed by atoms with E-state index in [0.29, 0.717) is 11.5 Å². The van der Waals surface area contributed by atoms with Gasteiger partial charge in [-0.25, -0.2) is 4.39 Å². The molecule has 0 saturated carbocycles. The van der Waals surface area contributed by atoms with Gasteiger partial charge in [0.1, 0.15) is 5.82 Å². The van der Waals surface area contributed by atoms with Crippen molar-refractivity contribution in [2.45, 2.75) is 32.6 Å². The number of carbonyl (C=O) groups excluding carboxylic acids is 1. The fraction of sp³-hybridized carbons (Fsp3) is 0.316. The SMILES string of the molecule is Cc1ccc([C@H](C)NC(=O)CSCc2ccc(F)cc2)c(C)c1. The van der Waals surface area contributed by atoms with Crippen molar-refractivity contribution in [1.82, 2.24) is 5.32 Å². The van der Waals surface area contributed by atoms with E-state index in [-0.39, 0.29) is 17.8 Å². The average molecular weight is 331 g/mol. The van der Waals surface area contributed by atoms with E-state index < -0.39 is 0 Å². The van der Waals surface area contributed by atoms with Crippen LogP contribution in [0.2, 0.25) is 0 Å². The minimum Gasteiger partial charge on any atom is -0.349 e. The summed E-state index contributed by atoms with van der Waals surface area (Å²) in [6.07, 6.45) is 0. The van der Waals surface area contributed by atoms with Crippen LogP contribution in [0.1, 0.15) is 35.2 Å². The molecule has 0 aliphatic carbocycles. The van der Waals surface area contributed by atoms with Gasteiger partial charge in [-0.05, 0) is 49.6 Å². The van der Waals surface area contributed by atoms with E-state index in [9.17, 15) is 9.18 Å². The monoisotopic (exact) mass is 331 g/mol. The molecule has 0 aromatic heterocycles. The Balaban J connectivity index is 1.81. The predicted octanol–water partition coefficient (Wildman–Crippen LogP) is 4.55. The van der Waals surface area contributed by atoms with Gasteiger partial charge in [0.05, 0.1) is 11.8 Å². The van der Waals surface area contributed by atoms with Gasteiger partial charge in [-0.15, -0.1) is 11.8 Å². The maximum absolute atomic E-state index is 12.8. The minimum atomic E-state index is -0.237. The molecule has 0 saturated heterocycles. The number of aryl methyl sites for hydroxylation is 2. The summed E-state index contributed by atoms with van der Waals surface area (Å²) in [6, 6.07) is 12.6. The molecule has 2 rings (SSSR count). The van der Waals surface area contributed by atoms with Gasteiger partial charge in [0.2, 0.25) is 5.91 Å². The zero-order valence-electron chi connectivity index (χ0n) is 13.7. The Morgan fingerprint density at radius 1 is 1.17 bits per heavy atom. The van der Waals surface area contributed by atoms with E-state index in [2.05, 4.69) is 37.4 Å². The highest BCUT2D eigenvalue weighted by atomic mass is 32.2. The van der Waals surface area contributed by atoms with Crippen molar-refractivity contribution in [2.24, 2.45) is 0 Å². The Bertz CT molecular complexity index is 670. The highest BCUT2D eigenvalue weighted by molar-refractivity contribution is 7.99. The number of carbonyl (C=O) groups is 1. The van der Waals surface area contributed by atoms with Crippen molar-refractivity contribution in [2.75, 3.05) is 5.75 Å². The molecule has 0 unspecified atom stereocenters. The van der Waals surface area contributed by atoms with Crippen LogP contribution in [0, 0.1) is 19.7 Å². The highest BCUT2D eigenvalue weighted by Crippen LogP contribution is 2.19. The molecule has 1 atom stereocenters. The molecule has 2 nitrogen and oxygen atoms in total. The molecule has 0 bridgehead atoms. The lowest BCUT2D eigenvalue weighted by Gasteiger charge is -2.17.